The quantitative estimate of drug-likeness (QED) is 0.554. The Morgan fingerprint density at radius 3 is 2.82 bits per heavy atom. The summed E-state index contributed by atoms with van der Waals surface area (Å²) in [6.07, 6.45) is -3.76. The number of aliphatic hydroxyl groups is 1. The summed E-state index contributed by atoms with van der Waals surface area (Å²) in [7, 11) is 0. The van der Waals surface area contributed by atoms with Crippen molar-refractivity contribution in [2.75, 3.05) is 27.4 Å². The highest BCUT2D eigenvalue weighted by atomic mass is 16.4. The average molecular weight is 174 g/mol. The van der Waals surface area contributed by atoms with Crippen LogP contribution >= 0.6 is 0 Å². The first-order valence-electron chi connectivity index (χ1n) is 8.52. The molecule has 0 heterocycles. The van der Waals surface area contributed by atoms with E-state index in [2.05, 4.69) is 5.11 Å². The molecule has 0 rings (SSSR count). The average Bonchev–Trinajstić information content (AvgIpc) is 2.18. The monoisotopic (exact) mass is 174 g/mol. The van der Waals surface area contributed by atoms with Gasteiger partial charge in [0, 0.05) is 0 Å². The van der Waals surface area contributed by atoms with E-state index in [-0.39, 0.29) is 0 Å². The number of likely N-dealkylation sites (N-methyl/N-ethyl adjacent to an activating group) is 1. The largest absolute Gasteiger partial charge is 0.481 e. The second kappa shape index (κ2) is 3.69. The van der Waals surface area contributed by atoms with Crippen LogP contribution in [0.3, 0.4) is 0 Å². The molecule has 0 bridgehead atoms. The van der Waals surface area contributed by atoms with Gasteiger partial charge in [0.25, 0.3) is 0 Å². The van der Waals surface area contributed by atoms with Crippen LogP contribution in [0.4, 0.5) is 0 Å². The standard InChI is InChI=1S/C7H15NO3/c1-8(2,3)5-6(9)4-7(10)11/h6,9H,4-5H2,1-3H3/p+1/t6-/m1/s1/i1D3,2D3,3D3,5D2,9D. The van der Waals surface area contributed by atoms with Crippen LogP contribution < -0.4 is 0 Å². The smallest absolute Gasteiger partial charge is 0.306 e. The molecule has 1 atom stereocenters. The fourth-order valence-electron chi connectivity index (χ4n) is 0.420. The van der Waals surface area contributed by atoms with Crippen molar-refractivity contribution in [1.82, 2.24) is 0 Å². The van der Waals surface area contributed by atoms with E-state index >= 15 is 0 Å². The number of aliphatic hydroxyl groups excluding tert-OH is 1. The van der Waals surface area contributed by atoms with Crippen LogP contribution in [0.1, 0.15) is 21.5 Å². The van der Waals surface area contributed by atoms with Crippen LogP contribution in [0.15, 0.2) is 0 Å². The molecule has 0 fully saturated rings. The molecule has 0 aliphatic rings. The summed E-state index contributed by atoms with van der Waals surface area (Å²) < 4.78 is 85.3. The second-order valence-corrected chi connectivity index (χ2v) is 1.89. The number of hydrogen-bond acceptors (Lipinski definition) is 2. The molecule has 0 unspecified atom stereocenters. The predicted octanol–water partition coefficient (Wildman–Crippen LogP) is -0.472. The Bertz CT molecular complexity index is 401. The molecule has 66 valence electrons. The Kier molecular flexibility index (Phi) is 0.671. The normalized spacial score (nSPS) is 35.3. The summed E-state index contributed by atoms with van der Waals surface area (Å²) in [4.78, 5) is 10.7. The summed E-state index contributed by atoms with van der Waals surface area (Å²) in [5.74, 6) is -1.73. The number of aliphatic carboxylic acids is 1. The Morgan fingerprint density at radius 2 is 2.45 bits per heavy atom. The molecule has 0 saturated carbocycles. The molecule has 0 radical (unpaired) electrons. The van der Waals surface area contributed by atoms with Gasteiger partial charge in [0.15, 0.2) is 0 Å². The van der Waals surface area contributed by atoms with E-state index in [0.29, 0.717) is 0 Å². The SMILES string of the molecule is [2H]O[C@H](CC(=O)O)C([2H])([2H])[N+](C([2H])([2H])[2H])(C([2H])([2H])[2H])C([2H])([2H])[2H]. The van der Waals surface area contributed by atoms with Crippen LogP contribution in [0, 0.1) is 0 Å². The molecule has 4 nitrogen and oxygen atoms in total. The van der Waals surface area contributed by atoms with Crippen molar-refractivity contribution >= 4 is 5.97 Å². The van der Waals surface area contributed by atoms with Gasteiger partial charge in [0.05, 0.1) is 42.4 Å². The van der Waals surface area contributed by atoms with E-state index in [9.17, 15) is 4.79 Å². The lowest BCUT2D eigenvalue weighted by molar-refractivity contribution is -0.873. The molecule has 0 aliphatic carbocycles. The minimum Gasteiger partial charge on any atom is -0.481 e. The van der Waals surface area contributed by atoms with Crippen LogP contribution in [-0.2, 0) is 4.79 Å². The van der Waals surface area contributed by atoms with Crippen molar-refractivity contribution in [3.63, 3.8) is 0 Å². The van der Waals surface area contributed by atoms with Crippen molar-refractivity contribution < 1.29 is 34.6 Å². The Morgan fingerprint density at radius 1 is 1.82 bits per heavy atom. The molecule has 0 saturated heterocycles. The molecule has 11 heavy (non-hydrogen) atoms. The minimum absolute atomic E-state index is 1.31. The van der Waals surface area contributed by atoms with Crippen molar-refractivity contribution in [3.8, 4) is 0 Å². The molecule has 2 N–H and O–H groups in total. The van der Waals surface area contributed by atoms with E-state index in [4.69, 9.17) is 21.6 Å². The lowest BCUT2D eigenvalue weighted by Gasteiger charge is -2.25. The summed E-state index contributed by atoms with van der Waals surface area (Å²) in [5, 5.41) is 12.5. The third-order valence-corrected chi connectivity index (χ3v) is 0.698. The minimum atomic E-state index is -3.94. The Balaban J connectivity index is 6.73. The highest BCUT2D eigenvalue weighted by Crippen LogP contribution is 1.98. The fraction of sp³-hybridized carbons (Fsp3) is 0.857. The summed E-state index contributed by atoms with van der Waals surface area (Å²) in [6.45, 7) is -15.6. The van der Waals surface area contributed by atoms with Crippen molar-refractivity contribution in [3.05, 3.63) is 0 Å². The zero-order valence-electron chi connectivity index (χ0n) is 17.5. The first kappa shape index (κ1) is 2.00. The molecule has 4 heteroatoms. The number of hydrogen-bond donors (Lipinski definition) is 2. The number of quaternary nitrogens is 1. The van der Waals surface area contributed by atoms with Crippen molar-refractivity contribution in [2.24, 2.45) is 0 Å². The maximum Gasteiger partial charge on any atom is 0.306 e. The van der Waals surface area contributed by atoms with Gasteiger partial charge < -0.3 is 14.7 Å². The van der Waals surface area contributed by atoms with Gasteiger partial charge in [-0.2, -0.15) is 0 Å². The maximum atomic E-state index is 10.7. The number of carboxylic acids is 1. The molecule has 0 aromatic rings. The molecule has 0 aliphatic heterocycles. The van der Waals surface area contributed by atoms with Gasteiger partial charge in [-0.25, -0.2) is 0 Å². The summed E-state index contributed by atoms with van der Waals surface area (Å²) >= 11 is 0. The van der Waals surface area contributed by atoms with Gasteiger partial charge in [0.1, 0.15) is 12.6 Å². The Hall–Kier alpha value is -0.610. The number of rotatable bonds is 5. The van der Waals surface area contributed by atoms with E-state index < -0.39 is 50.4 Å². The van der Waals surface area contributed by atoms with Crippen LogP contribution in [0.2, 0.25) is 0 Å². The molecule has 0 amide bonds. The van der Waals surface area contributed by atoms with Crippen LogP contribution in [0.5, 0.6) is 0 Å². The third-order valence-electron chi connectivity index (χ3n) is 0.698. The third kappa shape index (κ3) is 7.29. The zero-order valence-corrected chi connectivity index (χ0v) is 5.50. The lowest BCUT2D eigenvalue weighted by atomic mass is 10.2. The molecular weight excluding hydrogens is 146 g/mol. The van der Waals surface area contributed by atoms with Crippen molar-refractivity contribution in [1.29, 1.82) is 1.43 Å². The lowest BCUT2D eigenvalue weighted by Crippen LogP contribution is -2.42. The van der Waals surface area contributed by atoms with E-state index in [1.54, 1.807) is 0 Å². The summed E-state index contributed by atoms with van der Waals surface area (Å²) in [5.41, 5.74) is 0. The first-order valence-corrected chi connectivity index (χ1v) is 2.61. The highest BCUT2D eigenvalue weighted by Gasteiger charge is 2.17. The topological polar surface area (TPSA) is 57.5 Å². The van der Waals surface area contributed by atoms with E-state index in [1.807, 2.05) is 0 Å². The van der Waals surface area contributed by atoms with Gasteiger partial charge in [-0.3, -0.25) is 4.79 Å². The maximum absolute atomic E-state index is 10.7. The van der Waals surface area contributed by atoms with Gasteiger partial charge in [-0.1, -0.05) is 0 Å². The first-order chi connectivity index (χ1) is 9.88. The number of carbonyl (C=O) groups is 1. The van der Waals surface area contributed by atoms with Gasteiger partial charge in [-0.15, -0.1) is 0 Å². The number of nitrogens with zero attached hydrogens (tertiary/aromatic N) is 1. The van der Waals surface area contributed by atoms with E-state index in [1.165, 1.54) is 0 Å². The Labute approximate surface area is 83.6 Å². The molecule has 0 aromatic carbocycles. The summed E-state index contributed by atoms with van der Waals surface area (Å²) in [6, 6.07) is 0. The van der Waals surface area contributed by atoms with Crippen molar-refractivity contribution in [2.45, 2.75) is 12.5 Å². The van der Waals surface area contributed by atoms with E-state index in [0.717, 1.165) is 0 Å². The highest BCUT2D eigenvalue weighted by molar-refractivity contribution is 5.67. The van der Waals surface area contributed by atoms with Gasteiger partial charge >= 0.3 is 5.97 Å². The number of carboxylic acid groups (broad SMARTS) is 1. The van der Waals surface area contributed by atoms with Crippen LogP contribution in [0.25, 0.3) is 0 Å². The zero-order chi connectivity index (χ0) is 19.1. The predicted molar refractivity (Wildman–Crippen MR) is 41.2 cm³/mol. The molecule has 0 spiro atoms. The second-order valence-electron chi connectivity index (χ2n) is 1.89. The molecule has 0 aromatic heterocycles. The van der Waals surface area contributed by atoms with Gasteiger partial charge in [0.2, 0.25) is 1.43 Å². The van der Waals surface area contributed by atoms with Crippen LogP contribution in [-0.4, -0.2) is 55.6 Å². The molecular formula is C7H16NO3+. The van der Waals surface area contributed by atoms with Gasteiger partial charge in [-0.05, 0) is 0 Å². The fourth-order valence-corrected chi connectivity index (χ4v) is 0.420.